The number of benzene rings is 2. The highest BCUT2D eigenvalue weighted by atomic mass is 19.4. The first-order chi connectivity index (χ1) is 10.8. The van der Waals surface area contributed by atoms with Crippen molar-refractivity contribution in [2.75, 3.05) is 0 Å². The van der Waals surface area contributed by atoms with Gasteiger partial charge in [0.15, 0.2) is 0 Å². The van der Waals surface area contributed by atoms with E-state index >= 15 is 0 Å². The molecule has 0 aliphatic carbocycles. The van der Waals surface area contributed by atoms with Crippen molar-refractivity contribution >= 4 is 0 Å². The van der Waals surface area contributed by atoms with Crippen LogP contribution in [0.5, 0.6) is 0 Å². The molecule has 3 nitrogen and oxygen atoms in total. The van der Waals surface area contributed by atoms with E-state index in [0.717, 1.165) is 6.07 Å². The molecule has 0 N–H and O–H groups in total. The van der Waals surface area contributed by atoms with Gasteiger partial charge < -0.3 is 4.42 Å². The molecule has 1 aromatic heterocycles. The van der Waals surface area contributed by atoms with Crippen LogP contribution in [0.15, 0.2) is 46.9 Å². The van der Waals surface area contributed by atoms with Gasteiger partial charge >= 0.3 is 6.18 Å². The molecule has 0 aliphatic heterocycles. The molecular weight excluding hydrogens is 319 g/mol. The molecule has 0 radical (unpaired) electrons. The molecule has 3 aromatic rings. The van der Waals surface area contributed by atoms with E-state index < -0.39 is 23.4 Å². The maximum Gasteiger partial charge on any atom is 0.416 e. The Labute approximate surface area is 126 Å². The van der Waals surface area contributed by atoms with Gasteiger partial charge in [0, 0.05) is 5.56 Å². The summed E-state index contributed by atoms with van der Waals surface area (Å²) < 4.78 is 70.3. The average molecular weight is 326 g/mol. The van der Waals surface area contributed by atoms with Gasteiger partial charge in [-0.1, -0.05) is 12.1 Å². The summed E-state index contributed by atoms with van der Waals surface area (Å²) in [5.74, 6) is -2.28. The highest BCUT2D eigenvalue weighted by Crippen LogP contribution is 2.33. The summed E-state index contributed by atoms with van der Waals surface area (Å²) in [6, 6.07) is 7.40. The third-order valence-electron chi connectivity index (χ3n) is 3.00. The molecule has 118 valence electrons. The van der Waals surface area contributed by atoms with Gasteiger partial charge in [-0.2, -0.15) is 13.2 Å². The molecular formula is C15H7F5N2O. The monoisotopic (exact) mass is 326 g/mol. The lowest BCUT2D eigenvalue weighted by Gasteiger charge is -2.07. The smallest absolute Gasteiger partial charge is 0.416 e. The van der Waals surface area contributed by atoms with Gasteiger partial charge in [-0.25, -0.2) is 8.78 Å². The lowest BCUT2D eigenvalue weighted by Crippen LogP contribution is -2.05. The van der Waals surface area contributed by atoms with E-state index in [0.29, 0.717) is 12.1 Å². The lowest BCUT2D eigenvalue weighted by atomic mass is 10.1. The van der Waals surface area contributed by atoms with E-state index in [1.54, 1.807) is 0 Å². The number of rotatable bonds is 2. The predicted molar refractivity (Wildman–Crippen MR) is 70.1 cm³/mol. The first kappa shape index (κ1) is 15.1. The minimum Gasteiger partial charge on any atom is -0.416 e. The molecule has 1 heterocycles. The molecule has 0 saturated heterocycles. The van der Waals surface area contributed by atoms with E-state index in [4.69, 9.17) is 4.42 Å². The molecule has 0 spiro atoms. The van der Waals surface area contributed by atoms with Gasteiger partial charge in [0.05, 0.1) is 11.1 Å². The maximum absolute atomic E-state index is 13.6. The molecule has 8 heteroatoms. The van der Waals surface area contributed by atoms with E-state index in [-0.39, 0.29) is 22.9 Å². The fraction of sp³-hybridized carbons (Fsp3) is 0.0667. The van der Waals surface area contributed by atoms with Gasteiger partial charge in [-0.05, 0) is 30.3 Å². The Kier molecular flexibility index (Phi) is 3.59. The second-order valence-electron chi connectivity index (χ2n) is 4.62. The number of halogens is 5. The van der Waals surface area contributed by atoms with Crippen LogP contribution in [-0.4, -0.2) is 10.2 Å². The quantitative estimate of drug-likeness (QED) is 0.641. The number of hydrogen-bond acceptors (Lipinski definition) is 3. The van der Waals surface area contributed by atoms with E-state index in [2.05, 4.69) is 10.2 Å². The summed E-state index contributed by atoms with van der Waals surface area (Å²) in [7, 11) is 0. The van der Waals surface area contributed by atoms with Crippen molar-refractivity contribution in [3.8, 4) is 22.9 Å². The molecule has 2 aromatic carbocycles. The van der Waals surface area contributed by atoms with Crippen LogP contribution in [0.2, 0.25) is 0 Å². The minimum absolute atomic E-state index is 0.00121. The van der Waals surface area contributed by atoms with Gasteiger partial charge in [0.1, 0.15) is 11.6 Å². The normalized spacial score (nSPS) is 11.7. The first-order valence-corrected chi connectivity index (χ1v) is 6.31. The van der Waals surface area contributed by atoms with E-state index in [1.807, 2.05) is 0 Å². The number of aromatic nitrogens is 2. The van der Waals surface area contributed by atoms with Crippen LogP contribution in [0.1, 0.15) is 5.56 Å². The second kappa shape index (κ2) is 5.45. The molecule has 0 unspecified atom stereocenters. The molecule has 23 heavy (non-hydrogen) atoms. The van der Waals surface area contributed by atoms with Crippen LogP contribution in [0.3, 0.4) is 0 Å². The molecule has 0 aliphatic rings. The van der Waals surface area contributed by atoms with Crippen LogP contribution in [0, 0.1) is 11.6 Å². The third-order valence-corrected chi connectivity index (χ3v) is 3.00. The number of nitrogens with zero attached hydrogens (tertiary/aromatic N) is 2. The highest BCUT2D eigenvalue weighted by Gasteiger charge is 2.32. The molecule has 0 atom stereocenters. The summed E-state index contributed by atoms with van der Waals surface area (Å²) in [6.45, 7) is 0. The Balaban J connectivity index is 2.04. The molecule has 0 amide bonds. The fourth-order valence-electron chi connectivity index (χ4n) is 1.96. The zero-order valence-electron chi connectivity index (χ0n) is 11.2. The lowest BCUT2D eigenvalue weighted by molar-refractivity contribution is -0.137. The largest absolute Gasteiger partial charge is 0.416 e. The highest BCUT2D eigenvalue weighted by molar-refractivity contribution is 5.59. The van der Waals surface area contributed by atoms with Gasteiger partial charge in [0.25, 0.3) is 5.89 Å². The van der Waals surface area contributed by atoms with Crippen molar-refractivity contribution in [2.45, 2.75) is 6.18 Å². The van der Waals surface area contributed by atoms with Crippen LogP contribution in [-0.2, 0) is 6.18 Å². The number of alkyl halides is 3. The SMILES string of the molecule is Fc1cc(-c2nnc(-c3ccccc3F)o2)cc(C(F)(F)F)c1. The van der Waals surface area contributed by atoms with Crippen LogP contribution >= 0.6 is 0 Å². The van der Waals surface area contributed by atoms with Crippen molar-refractivity contribution in [1.29, 1.82) is 0 Å². The molecule has 0 bridgehead atoms. The third kappa shape index (κ3) is 3.05. The maximum atomic E-state index is 13.6. The van der Waals surface area contributed by atoms with Crippen LogP contribution < -0.4 is 0 Å². The summed E-state index contributed by atoms with van der Waals surface area (Å²) in [5.41, 5.74) is -1.43. The van der Waals surface area contributed by atoms with Crippen LogP contribution in [0.4, 0.5) is 22.0 Å². The van der Waals surface area contributed by atoms with Crippen molar-refractivity contribution in [3.63, 3.8) is 0 Å². The average Bonchev–Trinajstić information content (AvgIpc) is 2.96. The Hall–Kier alpha value is -2.77. The van der Waals surface area contributed by atoms with Crippen molar-refractivity contribution in [2.24, 2.45) is 0 Å². The summed E-state index contributed by atoms with van der Waals surface area (Å²) in [5, 5.41) is 7.14. The summed E-state index contributed by atoms with van der Waals surface area (Å²) in [4.78, 5) is 0. The van der Waals surface area contributed by atoms with Crippen molar-refractivity contribution < 1.29 is 26.4 Å². The van der Waals surface area contributed by atoms with Crippen LogP contribution in [0.25, 0.3) is 22.9 Å². The van der Waals surface area contributed by atoms with Gasteiger partial charge in [-0.3, -0.25) is 0 Å². The standard InChI is InChI=1S/C15H7F5N2O/c16-10-6-8(5-9(7-10)15(18,19)20)13-21-22-14(23-13)11-3-1-2-4-12(11)17/h1-7H. The Morgan fingerprint density at radius 2 is 1.57 bits per heavy atom. The fourth-order valence-corrected chi connectivity index (χ4v) is 1.96. The minimum atomic E-state index is -4.72. The van der Waals surface area contributed by atoms with Crippen molar-refractivity contribution in [3.05, 3.63) is 59.7 Å². The Morgan fingerprint density at radius 3 is 2.26 bits per heavy atom. The predicted octanol–water partition coefficient (Wildman–Crippen LogP) is 4.70. The molecule has 3 rings (SSSR count). The second-order valence-corrected chi connectivity index (χ2v) is 4.62. The Morgan fingerprint density at radius 1 is 0.870 bits per heavy atom. The van der Waals surface area contributed by atoms with Crippen molar-refractivity contribution in [1.82, 2.24) is 10.2 Å². The molecule has 0 fully saturated rings. The van der Waals surface area contributed by atoms with Gasteiger partial charge in [0.2, 0.25) is 5.89 Å². The number of hydrogen-bond donors (Lipinski definition) is 0. The zero-order chi connectivity index (χ0) is 16.6. The Bertz CT molecular complexity index is 857. The topological polar surface area (TPSA) is 38.9 Å². The van der Waals surface area contributed by atoms with Gasteiger partial charge in [-0.15, -0.1) is 10.2 Å². The first-order valence-electron chi connectivity index (χ1n) is 6.31. The van der Waals surface area contributed by atoms with E-state index in [9.17, 15) is 22.0 Å². The van der Waals surface area contributed by atoms with E-state index in [1.165, 1.54) is 24.3 Å². The zero-order valence-corrected chi connectivity index (χ0v) is 11.2. The molecule has 0 saturated carbocycles. The summed E-state index contributed by atoms with van der Waals surface area (Å²) in [6.07, 6.45) is -4.72. The summed E-state index contributed by atoms with van der Waals surface area (Å²) >= 11 is 0.